The Kier molecular flexibility index (Phi) is 3.35. The number of nitrogens with zero attached hydrogens (tertiary/aromatic N) is 2. The Labute approximate surface area is 92.8 Å². The van der Waals surface area contributed by atoms with E-state index in [9.17, 15) is 0 Å². The van der Waals surface area contributed by atoms with E-state index in [4.69, 9.17) is 5.11 Å². The third kappa shape index (κ3) is 2.71. The number of aliphatic hydroxyl groups is 1. The fourth-order valence-corrected chi connectivity index (χ4v) is 1.25. The first-order chi connectivity index (χ1) is 7.88. The van der Waals surface area contributed by atoms with Crippen LogP contribution < -0.4 is 10.6 Å². The van der Waals surface area contributed by atoms with E-state index in [2.05, 4.69) is 25.6 Å². The molecule has 0 saturated carbocycles. The summed E-state index contributed by atoms with van der Waals surface area (Å²) in [6.07, 6.45) is 3.29. The van der Waals surface area contributed by atoms with Crippen molar-refractivity contribution in [3.63, 3.8) is 0 Å². The lowest BCUT2D eigenvalue weighted by molar-refractivity contribution is 0.311. The lowest BCUT2D eigenvalue weighted by Gasteiger charge is -2.06. The number of anilines is 3. The van der Waals surface area contributed by atoms with E-state index in [-0.39, 0.29) is 6.61 Å². The fourth-order valence-electron chi connectivity index (χ4n) is 1.25. The molecule has 0 spiro atoms. The van der Waals surface area contributed by atoms with Gasteiger partial charge in [0, 0.05) is 18.8 Å². The van der Waals surface area contributed by atoms with Gasteiger partial charge in [-0.25, -0.2) is 9.97 Å². The molecule has 2 aromatic rings. The zero-order valence-corrected chi connectivity index (χ0v) is 8.64. The van der Waals surface area contributed by atoms with Gasteiger partial charge in [0.1, 0.15) is 23.8 Å². The van der Waals surface area contributed by atoms with Gasteiger partial charge >= 0.3 is 0 Å². The maximum atomic E-state index is 8.68. The number of aliphatic hydroxyl groups excluding tert-OH is 1. The van der Waals surface area contributed by atoms with Gasteiger partial charge in [0.2, 0.25) is 0 Å². The van der Waals surface area contributed by atoms with Crippen LogP contribution in [0.3, 0.4) is 0 Å². The predicted octanol–water partition coefficient (Wildman–Crippen LogP) is 0.952. The van der Waals surface area contributed by atoms with Crippen molar-refractivity contribution in [2.24, 2.45) is 0 Å². The van der Waals surface area contributed by atoms with E-state index in [1.807, 2.05) is 18.3 Å². The molecule has 0 bridgehead atoms. The van der Waals surface area contributed by atoms with Crippen LogP contribution in [0.1, 0.15) is 0 Å². The first-order valence-corrected chi connectivity index (χ1v) is 4.95. The smallest absolute Gasteiger partial charge is 0.136 e. The fraction of sp³-hybridized carbons (Fsp3) is 0.200. The Morgan fingerprint density at radius 3 is 2.94 bits per heavy atom. The molecule has 0 radical (unpaired) electrons. The van der Waals surface area contributed by atoms with E-state index in [1.165, 1.54) is 6.33 Å². The summed E-state index contributed by atoms with van der Waals surface area (Å²) in [5.41, 5.74) is 0. The molecule has 16 heavy (non-hydrogen) atoms. The standard InChI is InChI=1S/C10H13N5O/c16-5-4-12-9-6-10(14-7-13-9)15-8-2-1-3-11-8/h1-3,6-7,11,16H,4-5H2,(H2,12,13,14,15). The summed E-state index contributed by atoms with van der Waals surface area (Å²) in [5.74, 6) is 2.24. The van der Waals surface area contributed by atoms with Crippen LogP contribution in [0.5, 0.6) is 0 Å². The predicted molar refractivity (Wildman–Crippen MR) is 61.7 cm³/mol. The molecule has 2 rings (SSSR count). The highest BCUT2D eigenvalue weighted by atomic mass is 16.3. The molecule has 6 nitrogen and oxygen atoms in total. The molecule has 84 valence electrons. The maximum Gasteiger partial charge on any atom is 0.136 e. The van der Waals surface area contributed by atoms with Crippen LogP contribution >= 0.6 is 0 Å². The molecular formula is C10H13N5O. The molecule has 2 aromatic heterocycles. The highest BCUT2D eigenvalue weighted by Gasteiger charge is 1.98. The summed E-state index contributed by atoms with van der Waals surface area (Å²) in [4.78, 5) is 11.1. The second-order valence-electron chi connectivity index (χ2n) is 3.15. The summed E-state index contributed by atoms with van der Waals surface area (Å²) in [6, 6.07) is 5.58. The minimum absolute atomic E-state index is 0.0728. The molecule has 2 heterocycles. The Balaban J connectivity index is 2.04. The molecule has 0 atom stereocenters. The van der Waals surface area contributed by atoms with Crippen molar-refractivity contribution in [2.75, 3.05) is 23.8 Å². The van der Waals surface area contributed by atoms with Crippen molar-refractivity contribution in [1.82, 2.24) is 15.0 Å². The average Bonchev–Trinajstić information content (AvgIpc) is 2.80. The summed E-state index contributed by atoms with van der Waals surface area (Å²) in [6.45, 7) is 0.544. The molecule has 6 heteroatoms. The van der Waals surface area contributed by atoms with Crippen LogP contribution in [0.15, 0.2) is 30.7 Å². The van der Waals surface area contributed by atoms with E-state index in [0.717, 1.165) is 5.82 Å². The number of aromatic nitrogens is 3. The van der Waals surface area contributed by atoms with Crippen molar-refractivity contribution >= 4 is 17.5 Å². The Morgan fingerprint density at radius 1 is 1.31 bits per heavy atom. The third-order valence-electron chi connectivity index (χ3n) is 1.95. The molecule has 0 amide bonds. The van der Waals surface area contributed by atoms with Crippen molar-refractivity contribution in [3.8, 4) is 0 Å². The molecule has 0 unspecified atom stereocenters. The van der Waals surface area contributed by atoms with Crippen LogP contribution in [-0.2, 0) is 0 Å². The Hall–Kier alpha value is -2.08. The van der Waals surface area contributed by atoms with E-state index >= 15 is 0 Å². The van der Waals surface area contributed by atoms with Gasteiger partial charge in [-0.2, -0.15) is 0 Å². The number of aromatic amines is 1. The number of rotatable bonds is 5. The van der Waals surface area contributed by atoms with E-state index in [0.29, 0.717) is 18.2 Å². The quantitative estimate of drug-likeness (QED) is 0.601. The van der Waals surface area contributed by atoms with Gasteiger partial charge in [-0.1, -0.05) is 0 Å². The number of hydrogen-bond acceptors (Lipinski definition) is 5. The summed E-state index contributed by atoms with van der Waals surface area (Å²) < 4.78 is 0. The largest absolute Gasteiger partial charge is 0.395 e. The normalized spacial score (nSPS) is 10.1. The molecule has 0 saturated heterocycles. The number of hydrogen-bond donors (Lipinski definition) is 4. The third-order valence-corrected chi connectivity index (χ3v) is 1.95. The minimum atomic E-state index is 0.0728. The molecule has 0 fully saturated rings. The molecule has 0 aliphatic carbocycles. The lowest BCUT2D eigenvalue weighted by Crippen LogP contribution is -2.07. The van der Waals surface area contributed by atoms with E-state index < -0.39 is 0 Å². The SMILES string of the molecule is OCCNc1cc(Nc2ccc[nH]2)ncn1. The summed E-state index contributed by atoms with van der Waals surface area (Å²) in [7, 11) is 0. The van der Waals surface area contributed by atoms with Gasteiger partial charge in [0.05, 0.1) is 6.61 Å². The zero-order valence-electron chi connectivity index (χ0n) is 8.64. The highest BCUT2D eigenvalue weighted by molar-refractivity contribution is 5.55. The molecule has 0 aromatic carbocycles. The van der Waals surface area contributed by atoms with Gasteiger partial charge < -0.3 is 20.7 Å². The van der Waals surface area contributed by atoms with Gasteiger partial charge in [-0.3, -0.25) is 0 Å². The first-order valence-electron chi connectivity index (χ1n) is 4.95. The van der Waals surface area contributed by atoms with Gasteiger partial charge in [0.25, 0.3) is 0 Å². The van der Waals surface area contributed by atoms with Crippen molar-refractivity contribution in [1.29, 1.82) is 0 Å². The van der Waals surface area contributed by atoms with Crippen LogP contribution in [0.25, 0.3) is 0 Å². The van der Waals surface area contributed by atoms with Crippen molar-refractivity contribution in [3.05, 3.63) is 30.7 Å². The molecule has 0 aliphatic heterocycles. The number of H-pyrrole nitrogens is 1. The van der Waals surface area contributed by atoms with Crippen molar-refractivity contribution < 1.29 is 5.11 Å². The lowest BCUT2D eigenvalue weighted by atomic mass is 10.5. The van der Waals surface area contributed by atoms with Gasteiger partial charge in [-0.05, 0) is 12.1 Å². The second kappa shape index (κ2) is 5.13. The Bertz CT molecular complexity index is 429. The average molecular weight is 219 g/mol. The molecule has 4 N–H and O–H groups in total. The first kappa shape index (κ1) is 10.4. The minimum Gasteiger partial charge on any atom is -0.395 e. The zero-order chi connectivity index (χ0) is 11.2. The Morgan fingerprint density at radius 2 is 2.19 bits per heavy atom. The monoisotopic (exact) mass is 219 g/mol. The van der Waals surface area contributed by atoms with Crippen LogP contribution in [0.4, 0.5) is 17.5 Å². The van der Waals surface area contributed by atoms with E-state index in [1.54, 1.807) is 6.07 Å². The van der Waals surface area contributed by atoms with Gasteiger partial charge in [-0.15, -0.1) is 0 Å². The maximum absolute atomic E-state index is 8.68. The molecular weight excluding hydrogens is 206 g/mol. The topological polar surface area (TPSA) is 85.9 Å². The molecule has 0 aliphatic rings. The van der Waals surface area contributed by atoms with Crippen LogP contribution in [0.2, 0.25) is 0 Å². The van der Waals surface area contributed by atoms with Crippen LogP contribution in [0, 0.1) is 0 Å². The second-order valence-corrected chi connectivity index (χ2v) is 3.15. The van der Waals surface area contributed by atoms with Crippen molar-refractivity contribution in [2.45, 2.75) is 0 Å². The summed E-state index contributed by atoms with van der Waals surface area (Å²) in [5, 5.41) is 14.7. The van der Waals surface area contributed by atoms with Gasteiger partial charge in [0.15, 0.2) is 0 Å². The summed E-state index contributed by atoms with van der Waals surface area (Å²) >= 11 is 0. The number of nitrogens with one attached hydrogen (secondary N) is 3. The highest BCUT2D eigenvalue weighted by Crippen LogP contribution is 2.13. The van der Waals surface area contributed by atoms with Crippen LogP contribution in [-0.4, -0.2) is 33.2 Å².